The van der Waals surface area contributed by atoms with Crippen LogP contribution in [0.4, 0.5) is 0 Å². The van der Waals surface area contributed by atoms with Crippen molar-refractivity contribution in [3.63, 3.8) is 0 Å². The Balaban J connectivity index is 1.92. The van der Waals surface area contributed by atoms with Crippen LogP contribution in [0, 0.1) is 20.8 Å². The van der Waals surface area contributed by atoms with E-state index in [-0.39, 0.29) is 17.0 Å². The quantitative estimate of drug-likeness (QED) is 0.823. The summed E-state index contributed by atoms with van der Waals surface area (Å²) < 4.78 is 33.1. The first-order valence-corrected chi connectivity index (χ1v) is 10.2. The maximum absolute atomic E-state index is 12.8. The summed E-state index contributed by atoms with van der Waals surface area (Å²) in [6, 6.07) is 0. The molecule has 0 radical (unpaired) electrons. The summed E-state index contributed by atoms with van der Waals surface area (Å²) in [7, 11) is -3.53. The highest BCUT2D eigenvalue weighted by Crippen LogP contribution is 2.23. The van der Waals surface area contributed by atoms with Crippen molar-refractivity contribution in [2.24, 2.45) is 0 Å². The van der Waals surface area contributed by atoms with Gasteiger partial charge in [0.2, 0.25) is 15.0 Å². The Kier molecular flexibility index (Phi) is 4.57. The summed E-state index contributed by atoms with van der Waals surface area (Å²) in [4.78, 5) is 8.58. The topological polar surface area (TPSA) is 74.1 Å². The van der Waals surface area contributed by atoms with Crippen LogP contribution in [0.15, 0.2) is 10.5 Å². The minimum atomic E-state index is -3.53. The van der Waals surface area contributed by atoms with Crippen LogP contribution in [0.1, 0.15) is 34.9 Å². The van der Waals surface area contributed by atoms with E-state index in [0.717, 1.165) is 35.8 Å². The summed E-state index contributed by atoms with van der Waals surface area (Å²) in [5.74, 6) is -0.112. The molecule has 1 fully saturated rings. The second kappa shape index (κ2) is 6.33. The van der Waals surface area contributed by atoms with Gasteiger partial charge in [0.25, 0.3) is 0 Å². The van der Waals surface area contributed by atoms with Crippen molar-refractivity contribution in [1.29, 1.82) is 0 Å². The molecule has 1 aliphatic heterocycles. The van der Waals surface area contributed by atoms with Crippen LogP contribution in [0.3, 0.4) is 0 Å². The van der Waals surface area contributed by atoms with Gasteiger partial charge < -0.3 is 9.30 Å². The first-order chi connectivity index (χ1) is 10.9. The third kappa shape index (κ3) is 3.49. The zero-order chi connectivity index (χ0) is 16.6. The van der Waals surface area contributed by atoms with Crippen LogP contribution in [0.25, 0.3) is 0 Å². The molecule has 2 aromatic heterocycles. The van der Waals surface area contributed by atoms with Crippen molar-refractivity contribution in [1.82, 2.24) is 14.5 Å². The van der Waals surface area contributed by atoms with E-state index in [0.29, 0.717) is 12.2 Å². The molecular weight excluding hydrogens is 334 g/mol. The first kappa shape index (κ1) is 16.6. The first-order valence-electron chi connectivity index (χ1n) is 7.66. The Morgan fingerprint density at radius 1 is 1.35 bits per heavy atom. The Hall–Kier alpha value is -1.25. The highest BCUT2D eigenvalue weighted by atomic mass is 32.2. The normalized spacial score (nSPS) is 18.7. The van der Waals surface area contributed by atoms with Crippen molar-refractivity contribution in [2.45, 2.75) is 57.2 Å². The summed E-state index contributed by atoms with van der Waals surface area (Å²) in [5, 5.41) is 2.79. The molecule has 2 aromatic rings. The molecule has 0 aromatic carbocycles. The SMILES string of the molecule is Cc1nc(CS(=O)(=O)c2nc(C)c(C)n2C[C@H]2CCCO2)cs1. The minimum absolute atomic E-state index is 0.0674. The van der Waals surface area contributed by atoms with E-state index in [1.54, 1.807) is 9.95 Å². The number of aromatic nitrogens is 3. The average molecular weight is 355 g/mol. The van der Waals surface area contributed by atoms with Gasteiger partial charge >= 0.3 is 0 Å². The molecule has 126 valence electrons. The van der Waals surface area contributed by atoms with E-state index in [2.05, 4.69) is 9.97 Å². The van der Waals surface area contributed by atoms with E-state index < -0.39 is 9.84 Å². The van der Waals surface area contributed by atoms with E-state index in [9.17, 15) is 8.42 Å². The molecule has 1 saturated heterocycles. The van der Waals surface area contributed by atoms with Crippen molar-refractivity contribution in [3.8, 4) is 0 Å². The molecule has 3 rings (SSSR count). The average Bonchev–Trinajstić information content (AvgIpc) is 3.18. The van der Waals surface area contributed by atoms with Crippen molar-refractivity contribution in [2.75, 3.05) is 6.61 Å². The predicted molar refractivity (Wildman–Crippen MR) is 88.4 cm³/mol. The van der Waals surface area contributed by atoms with Gasteiger partial charge in [0.05, 0.1) is 29.0 Å². The number of ether oxygens (including phenoxy) is 1. The lowest BCUT2D eigenvalue weighted by Gasteiger charge is -2.14. The second-order valence-electron chi connectivity index (χ2n) is 5.93. The zero-order valence-electron chi connectivity index (χ0n) is 13.6. The van der Waals surface area contributed by atoms with Crippen LogP contribution in [-0.2, 0) is 26.9 Å². The highest BCUT2D eigenvalue weighted by Gasteiger charge is 2.28. The van der Waals surface area contributed by atoms with Gasteiger partial charge in [0.1, 0.15) is 5.75 Å². The molecule has 8 heteroatoms. The minimum Gasteiger partial charge on any atom is -0.376 e. The number of sulfone groups is 1. The summed E-state index contributed by atoms with van der Waals surface area (Å²) in [5.41, 5.74) is 2.21. The largest absolute Gasteiger partial charge is 0.376 e. The third-order valence-corrected chi connectivity index (χ3v) is 6.48. The Morgan fingerprint density at radius 3 is 2.74 bits per heavy atom. The third-order valence-electron chi connectivity index (χ3n) is 4.12. The van der Waals surface area contributed by atoms with Crippen LogP contribution in [-0.4, -0.2) is 35.7 Å². The van der Waals surface area contributed by atoms with Crippen LogP contribution in [0.5, 0.6) is 0 Å². The number of aryl methyl sites for hydroxylation is 2. The van der Waals surface area contributed by atoms with Gasteiger partial charge in [-0.15, -0.1) is 11.3 Å². The van der Waals surface area contributed by atoms with Crippen LogP contribution < -0.4 is 0 Å². The molecule has 0 spiro atoms. The number of rotatable bonds is 5. The molecule has 0 saturated carbocycles. The van der Waals surface area contributed by atoms with Gasteiger partial charge in [0, 0.05) is 17.7 Å². The van der Waals surface area contributed by atoms with E-state index in [4.69, 9.17) is 4.74 Å². The fourth-order valence-corrected chi connectivity index (χ4v) is 5.01. The number of imidazole rings is 1. The number of nitrogens with zero attached hydrogens (tertiary/aromatic N) is 3. The lowest BCUT2D eigenvalue weighted by Crippen LogP contribution is -2.21. The molecule has 1 aliphatic rings. The van der Waals surface area contributed by atoms with Crippen LogP contribution in [0.2, 0.25) is 0 Å². The molecule has 0 aliphatic carbocycles. The van der Waals surface area contributed by atoms with E-state index in [1.165, 1.54) is 11.3 Å². The van der Waals surface area contributed by atoms with Gasteiger partial charge in [-0.3, -0.25) is 0 Å². The zero-order valence-corrected chi connectivity index (χ0v) is 15.2. The molecule has 23 heavy (non-hydrogen) atoms. The summed E-state index contributed by atoms with van der Waals surface area (Å²) in [6.45, 7) is 6.90. The number of hydrogen-bond acceptors (Lipinski definition) is 6. The molecule has 6 nitrogen and oxygen atoms in total. The molecule has 0 amide bonds. The Morgan fingerprint density at radius 2 is 2.13 bits per heavy atom. The standard InChI is InChI=1S/C15H21N3O3S2/c1-10-11(2)18(7-14-5-4-6-21-14)15(16-10)23(19,20)9-13-8-22-12(3)17-13/h8,14H,4-7,9H2,1-3H3/t14-/m1/s1. The number of thiazole rings is 1. The molecule has 0 bridgehead atoms. The van der Waals surface area contributed by atoms with Gasteiger partial charge in [0.15, 0.2) is 0 Å². The molecule has 0 unspecified atom stereocenters. The van der Waals surface area contributed by atoms with E-state index >= 15 is 0 Å². The molecule has 0 N–H and O–H groups in total. The van der Waals surface area contributed by atoms with Gasteiger partial charge in [-0.05, 0) is 33.6 Å². The van der Waals surface area contributed by atoms with Crippen molar-refractivity contribution in [3.05, 3.63) is 27.5 Å². The van der Waals surface area contributed by atoms with Crippen molar-refractivity contribution >= 4 is 21.2 Å². The summed E-state index contributed by atoms with van der Waals surface area (Å²) >= 11 is 1.46. The van der Waals surface area contributed by atoms with Crippen LogP contribution >= 0.6 is 11.3 Å². The van der Waals surface area contributed by atoms with Gasteiger partial charge in [-0.2, -0.15) is 0 Å². The highest BCUT2D eigenvalue weighted by molar-refractivity contribution is 7.90. The second-order valence-corrected chi connectivity index (χ2v) is 8.87. The predicted octanol–water partition coefficient (Wildman–Crippen LogP) is 2.42. The lowest BCUT2D eigenvalue weighted by molar-refractivity contribution is 0.0943. The molecule has 1 atom stereocenters. The van der Waals surface area contributed by atoms with Gasteiger partial charge in [-0.1, -0.05) is 0 Å². The Labute approximate surface area is 140 Å². The molecular formula is C15H21N3O3S2. The fourth-order valence-electron chi connectivity index (χ4n) is 2.80. The lowest BCUT2D eigenvalue weighted by atomic mass is 10.2. The van der Waals surface area contributed by atoms with Gasteiger partial charge in [-0.25, -0.2) is 18.4 Å². The maximum Gasteiger partial charge on any atom is 0.228 e. The van der Waals surface area contributed by atoms with E-state index in [1.807, 2.05) is 20.8 Å². The fraction of sp³-hybridized carbons (Fsp3) is 0.600. The monoisotopic (exact) mass is 355 g/mol. The maximum atomic E-state index is 12.8. The smallest absolute Gasteiger partial charge is 0.228 e. The van der Waals surface area contributed by atoms with Crippen molar-refractivity contribution < 1.29 is 13.2 Å². The summed E-state index contributed by atoms with van der Waals surface area (Å²) in [6.07, 6.45) is 2.05. The number of hydrogen-bond donors (Lipinski definition) is 0. The Bertz CT molecular complexity index is 802. The molecule has 3 heterocycles.